The largest absolute Gasteiger partial charge is 1.00 e. The third-order valence-electron chi connectivity index (χ3n) is 4.09. The number of carboxylic acids is 2. The maximum Gasteiger partial charge on any atom is 1.00 e. The third kappa shape index (κ3) is 36.3. The van der Waals surface area contributed by atoms with E-state index in [-0.39, 0.29) is 42.4 Å². The summed E-state index contributed by atoms with van der Waals surface area (Å²) in [6.07, 6.45) is 23.6. The Morgan fingerprint density at radius 3 is 1.50 bits per heavy atom. The molecule has 0 atom stereocenters. The van der Waals surface area contributed by atoms with Gasteiger partial charge in [0.15, 0.2) is 0 Å². The van der Waals surface area contributed by atoms with Gasteiger partial charge in [-0.25, -0.2) is 0 Å². The summed E-state index contributed by atoms with van der Waals surface area (Å²) in [6, 6.07) is 0. The molecule has 0 aromatic rings. The molecule has 0 aliphatic heterocycles. The summed E-state index contributed by atoms with van der Waals surface area (Å²) >= 11 is 0. The van der Waals surface area contributed by atoms with E-state index in [0.29, 0.717) is 6.42 Å². The van der Waals surface area contributed by atoms with Crippen LogP contribution >= 0.6 is 0 Å². The fourth-order valence-corrected chi connectivity index (χ4v) is 2.48. The van der Waals surface area contributed by atoms with Crippen molar-refractivity contribution in [3.8, 4) is 0 Å². The van der Waals surface area contributed by atoms with Crippen molar-refractivity contribution in [1.29, 1.82) is 0 Å². The predicted molar refractivity (Wildman–Crippen MR) is 110 cm³/mol. The van der Waals surface area contributed by atoms with E-state index >= 15 is 0 Å². The number of carbonyl (C=O) groups excluding carboxylic acids is 1. The Balaban J connectivity index is -0.000000587. The fourth-order valence-electron chi connectivity index (χ4n) is 2.48. The molecular weight excluding hydrogens is 367 g/mol. The summed E-state index contributed by atoms with van der Waals surface area (Å²) in [5.41, 5.74) is 0. The van der Waals surface area contributed by atoms with Crippen LogP contribution in [0.15, 0.2) is 12.2 Å². The van der Waals surface area contributed by atoms with Gasteiger partial charge >= 0.3 is 41.5 Å². The van der Waals surface area contributed by atoms with Crippen molar-refractivity contribution >= 4 is 18.2 Å². The van der Waals surface area contributed by atoms with Crippen LogP contribution in [0.4, 0.5) is 0 Å². The summed E-state index contributed by atoms with van der Waals surface area (Å²) in [6.45, 7) is 2.27. The molecule has 0 aromatic carbocycles. The number of aliphatic carboxylic acids is 2. The van der Waals surface area contributed by atoms with Gasteiger partial charge in [0.25, 0.3) is 0 Å². The molecule has 0 rings (SSSR count). The quantitative estimate of drug-likeness (QED) is 0.158. The molecule has 0 saturated heterocycles. The van der Waals surface area contributed by atoms with Gasteiger partial charge in [-0.1, -0.05) is 76.9 Å². The van der Waals surface area contributed by atoms with Crippen LogP contribution in [-0.2, 0) is 14.4 Å². The predicted octanol–water partition coefficient (Wildman–Crippen LogP) is 3.07. The van der Waals surface area contributed by atoms with Crippen LogP contribution in [0.1, 0.15) is 110 Å². The summed E-state index contributed by atoms with van der Waals surface area (Å²) < 4.78 is 0. The molecule has 0 saturated carbocycles. The third-order valence-corrected chi connectivity index (χ3v) is 4.09. The van der Waals surface area contributed by atoms with Gasteiger partial charge in [0.2, 0.25) is 0 Å². The maximum absolute atomic E-state index is 10.0. The standard InChI is InChI=1S/C18H33O.C4H6O4.Na/c1-2-3-4-5-6-7-8-9-10-11-12-13-14-15-16-17-18-19;5-3(6)1-2-4(7)8;/h9-10H,2-8,11-17H2,1H3;1-2H2,(H,5,6)(H,7,8);/q-1;;+1/b10-9-;;. The van der Waals surface area contributed by atoms with E-state index in [2.05, 4.69) is 19.1 Å². The van der Waals surface area contributed by atoms with E-state index in [1.807, 2.05) is 6.29 Å². The molecule has 0 aliphatic rings. The average molecular weight is 407 g/mol. The molecule has 0 aliphatic carbocycles. The van der Waals surface area contributed by atoms with E-state index in [4.69, 9.17) is 10.2 Å². The van der Waals surface area contributed by atoms with Crippen molar-refractivity contribution in [3.63, 3.8) is 0 Å². The van der Waals surface area contributed by atoms with Crippen molar-refractivity contribution in [1.82, 2.24) is 0 Å². The number of hydrogen-bond acceptors (Lipinski definition) is 3. The van der Waals surface area contributed by atoms with Crippen molar-refractivity contribution in [2.24, 2.45) is 0 Å². The second kappa shape index (κ2) is 28.6. The second-order valence-electron chi connectivity index (χ2n) is 6.77. The zero-order valence-electron chi connectivity index (χ0n) is 18.1. The summed E-state index contributed by atoms with van der Waals surface area (Å²) in [5, 5.41) is 15.8. The minimum Gasteiger partial charge on any atom is -0.542 e. The topological polar surface area (TPSA) is 91.7 Å². The van der Waals surface area contributed by atoms with Gasteiger partial charge < -0.3 is 15.0 Å². The van der Waals surface area contributed by atoms with Crippen LogP contribution in [0, 0.1) is 0 Å². The first-order chi connectivity index (χ1) is 13.0. The van der Waals surface area contributed by atoms with E-state index < -0.39 is 11.9 Å². The normalized spacial score (nSPS) is 10.0. The zero-order valence-corrected chi connectivity index (χ0v) is 20.1. The Kier molecular flexibility index (Phi) is 32.7. The number of allylic oxidation sites excluding steroid dienone is 2. The molecule has 0 heterocycles. The molecule has 0 amide bonds. The minimum atomic E-state index is -1.08. The molecule has 158 valence electrons. The number of unbranched alkanes of at least 4 members (excludes halogenated alkanes) is 12. The number of rotatable bonds is 18. The Bertz CT molecular complexity index is 369. The Hall–Kier alpha value is -0.650. The monoisotopic (exact) mass is 406 g/mol. The molecule has 2 N–H and O–H groups in total. The maximum atomic E-state index is 10.0. The second-order valence-corrected chi connectivity index (χ2v) is 6.77. The summed E-state index contributed by atoms with van der Waals surface area (Å²) in [7, 11) is 0. The van der Waals surface area contributed by atoms with Gasteiger partial charge in [0.1, 0.15) is 0 Å². The summed E-state index contributed by atoms with van der Waals surface area (Å²) in [5.74, 6) is -2.15. The molecule has 5 nitrogen and oxygen atoms in total. The van der Waals surface area contributed by atoms with E-state index in [9.17, 15) is 14.4 Å². The van der Waals surface area contributed by atoms with Crippen LogP contribution in [0.25, 0.3) is 0 Å². The van der Waals surface area contributed by atoms with Crippen LogP contribution in [0.5, 0.6) is 0 Å². The Morgan fingerprint density at radius 1 is 0.714 bits per heavy atom. The van der Waals surface area contributed by atoms with Gasteiger partial charge in [-0.05, 0) is 25.7 Å². The smallest absolute Gasteiger partial charge is 0.542 e. The number of carbonyl (C=O) groups is 2. The molecule has 28 heavy (non-hydrogen) atoms. The van der Waals surface area contributed by atoms with Gasteiger partial charge in [-0.3, -0.25) is 15.9 Å². The van der Waals surface area contributed by atoms with Crippen molar-refractivity contribution < 1.29 is 54.2 Å². The van der Waals surface area contributed by atoms with Crippen molar-refractivity contribution in [2.45, 2.75) is 110 Å². The summed E-state index contributed by atoms with van der Waals surface area (Å²) in [4.78, 5) is 29.3. The van der Waals surface area contributed by atoms with E-state index in [0.717, 1.165) is 6.42 Å². The van der Waals surface area contributed by atoms with Gasteiger partial charge in [0.05, 0.1) is 12.8 Å². The minimum absolute atomic E-state index is 0. The van der Waals surface area contributed by atoms with Crippen molar-refractivity contribution in [2.75, 3.05) is 0 Å². The molecule has 0 unspecified atom stereocenters. The van der Waals surface area contributed by atoms with Crippen molar-refractivity contribution in [3.05, 3.63) is 12.2 Å². The van der Waals surface area contributed by atoms with Gasteiger partial charge in [0, 0.05) is 0 Å². The van der Waals surface area contributed by atoms with E-state index in [1.54, 1.807) is 0 Å². The Morgan fingerprint density at radius 2 is 1.11 bits per heavy atom. The first-order valence-electron chi connectivity index (χ1n) is 10.5. The Labute approximate surface area is 193 Å². The molecule has 0 fully saturated rings. The van der Waals surface area contributed by atoms with E-state index in [1.165, 1.54) is 77.0 Å². The van der Waals surface area contributed by atoms with Crippen LogP contribution < -0.4 is 29.6 Å². The number of hydrogen-bond donors (Lipinski definition) is 2. The molecule has 0 spiro atoms. The van der Waals surface area contributed by atoms with Gasteiger partial charge in [-0.2, -0.15) is 6.42 Å². The first-order valence-corrected chi connectivity index (χ1v) is 10.5. The average Bonchev–Trinajstić information content (AvgIpc) is 2.64. The fraction of sp³-hybridized carbons (Fsp3) is 0.773. The van der Waals surface area contributed by atoms with Crippen LogP contribution in [-0.4, -0.2) is 28.4 Å². The molecular formula is C22H39NaO5. The number of carboxylic acid groups (broad SMARTS) is 2. The van der Waals surface area contributed by atoms with Crippen LogP contribution in [0.3, 0.4) is 0 Å². The molecule has 0 bridgehead atoms. The molecule has 0 aromatic heterocycles. The molecule has 6 heteroatoms. The van der Waals surface area contributed by atoms with Crippen LogP contribution in [0.2, 0.25) is 0 Å². The van der Waals surface area contributed by atoms with Gasteiger partial charge in [-0.15, -0.1) is 0 Å². The first kappa shape index (κ1) is 32.0. The molecule has 0 radical (unpaired) electrons. The zero-order chi connectivity index (χ0) is 20.6. The SMILES string of the molecule is CCCCCCCC/C=C\CCCCCCC[C-]=O.O=C(O)CCC(=O)O.[Na+].